The van der Waals surface area contributed by atoms with Crippen molar-refractivity contribution in [2.24, 2.45) is 0 Å². The summed E-state index contributed by atoms with van der Waals surface area (Å²) < 4.78 is 1.86. The molecule has 0 atom stereocenters. The number of aryl methyl sites for hydroxylation is 1. The van der Waals surface area contributed by atoms with E-state index in [4.69, 9.17) is 0 Å². The number of pyridine rings is 1. The van der Waals surface area contributed by atoms with Crippen LogP contribution in [0.3, 0.4) is 0 Å². The minimum absolute atomic E-state index is 0.256. The van der Waals surface area contributed by atoms with Gasteiger partial charge in [0, 0.05) is 24.8 Å². The number of piperidine rings is 1. The van der Waals surface area contributed by atoms with Gasteiger partial charge in [0.25, 0.3) is 0 Å². The van der Waals surface area contributed by atoms with Crippen LogP contribution in [0.4, 0.5) is 5.95 Å². The van der Waals surface area contributed by atoms with E-state index < -0.39 is 0 Å². The Bertz CT molecular complexity index is 581. The van der Waals surface area contributed by atoms with E-state index in [9.17, 15) is 0 Å². The maximum absolute atomic E-state index is 4.63. The molecule has 1 aliphatic heterocycles. The largest absolute Gasteiger partial charge is 0.339 e. The van der Waals surface area contributed by atoms with Gasteiger partial charge in [0.1, 0.15) is 0 Å². The standard InChI is InChI=1S/C14H21N5/c1-11-4-7-19-12(10-11)16-13(17-19)18-8-5-14(2,15-3)6-9-18/h4,7,10,15H,5-6,8-9H2,1-3H3. The number of anilines is 1. The minimum Gasteiger partial charge on any atom is -0.339 e. The summed E-state index contributed by atoms with van der Waals surface area (Å²) in [6.45, 7) is 6.37. The monoisotopic (exact) mass is 259 g/mol. The molecule has 1 fully saturated rings. The quantitative estimate of drug-likeness (QED) is 0.890. The number of hydrogen-bond acceptors (Lipinski definition) is 4. The fourth-order valence-corrected chi connectivity index (χ4v) is 2.56. The average Bonchev–Trinajstić information content (AvgIpc) is 2.82. The number of fused-ring (bicyclic) bond motifs is 1. The predicted octanol–water partition coefficient (Wildman–Crippen LogP) is 1.62. The Labute approximate surface area is 113 Å². The van der Waals surface area contributed by atoms with Crippen LogP contribution in [0.25, 0.3) is 5.65 Å². The fraction of sp³-hybridized carbons (Fsp3) is 0.571. The first-order valence-electron chi connectivity index (χ1n) is 6.87. The molecule has 0 bridgehead atoms. The maximum atomic E-state index is 4.63. The summed E-state index contributed by atoms with van der Waals surface area (Å²) >= 11 is 0. The summed E-state index contributed by atoms with van der Waals surface area (Å²) in [6.07, 6.45) is 4.22. The molecule has 0 aromatic carbocycles. The lowest BCUT2D eigenvalue weighted by atomic mass is 9.90. The number of nitrogens with one attached hydrogen (secondary N) is 1. The van der Waals surface area contributed by atoms with Gasteiger partial charge in [-0.15, -0.1) is 5.10 Å². The van der Waals surface area contributed by atoms with Gasteiger partial charge in [0.2, 0.25) is 5.95 Å². The first-order valence-corrected chi connectivity index (χ1v) is 6.87. The Morgan fingerprint density at radius 1 is 1.32 bits per heavy atom. The van der Waals surface area contributed by atoms with E-state index in [1.807, 2.05) is 17.8 Å². The molecule has 19 heavy (non-hydrogen) atoms. The number of nitrogens with zero attached hydrogens (tertiary/aromatic N) is 4. The van der Waals surface area contributed by atoms with E-state index in [2.05, 4.69) is 46.3 Å². The van der Waals surface area contributed by atoms with E-state index in [0.717, 1.165) is 37.5 Å². The molecule has 1 N–H and O–H groups in total. The Kier molecular flexibility index (Phi) is 2.93. The molecule has 5 heteroatoms. The molecular formula is C14H21N5. The number of hydrogen-bond donors (Lipinski definition) is 1. The Hall–Kier alpha value is -1.62. The average molecular weight is 259 g/mol. The molecule has 1 aliphatic rings. The van der Waals surface area contributed by atoms with Gasteiger partial charge < -0.3 is 10.2 Å². The maximum Gasteiger partial charge on any atom is 0.245 e. The Morgan fingerprint density at radius 2 is 2.05 bits per heavy atom. The highest BCUT2D eigenvalue weighted by atomic mass is 15.4. The van der Waals surface area contributed by atoms with Crippen molar-refractivity contribution in [2.45, 2.75) is 32.2 Å². The molecule has 1 saturated heterocycles. The van der Waals surface area contributed by atoms with E-state index in [1.165, 1.54) is 5.56 Å². The molecule has 3 heterocycles. The molecule has 2 aromatic heterocycles. The molecule has 102 valence electrons. The van der Waals surface area contributed by atoms with Crippen molar-refractivity contribution in [3.05, 3.63) is 23.9 Å². The third-order valence-corrected chi connectivity index (χ3v) is 4.24. The summed E-state index contributed by atoms with van der Waals surface area (Å²) in [5, 5.41) is 7.98. The van der Waals surface area contributed by atoms with Crippen molar-refractivity contribution >= 4 is 11.6 Å². The van der Waals surface area contributed by atoms with Gasteiger partial charge in [-0.2, -0.15) is 4.98 Å². The van der Waals surface area contributed by atoms with Crippen LogP contribution < -0.4 is 10.2 Å². The van der Waals surface area contributed by atoms with E-state index in [0.29, 0.717) is 0 Å². The van der Waals surface area contributed by atoms with Crippen LogP contribution in [0.15, 0.2) is 18.3 Å². The molecule has 0 radical (unpaired) electrons. The van der Waals surface area contributed by atoms with Gasteiger partial charge in [0.15, 0.2) is 5.65 Å². The second-order valence-corrected chi connectivity index (χ2v) is 5.72. The smallest absolute Gasteiger partial charge is 0.245 e. The van der Waals surface area contributed by atoms with Crippen LogP contribution >= 0.6 is 0 Å². The third kappa shape index (κ3) is 2.30. The molecule has 0 unspecified atom stereocenters. The fourth-order valence-electron chi connectivity index (χ4n) is 2.56. The van der Waals surface area contributed by atoms with Crippen molar-refractivity contribution in [3.8, 4) is 0 Å². The third-order valence-electron chi connectivity index (χ3n) is 4.24. The van der Waals surface area contributed by atoms with Crippen molar-refractivity contribution < 1.29 is 0 Å². The highest BCUT2D eigenvalue weighted by Gasteiger charge is 2.29. The summed E-state index contributed by atoms with van der Waals surface area (Å²) in [4.78, 5) is 6.91. The van der Waals surface area contributed by atoms with Gasteiger partial charge in [-0.25, -0.2) is 4.52 Å². The predicted molar refractivity (Wildman–Crippen MR) is 76.6 cm³/mol. The molecule has 0 aliphatic carbocycles. The van der Waals surface area contributed by atoms with Gasteiger partial charge >= 0.3 is 0 Å². The van der Waals surface area contributed by atoms with Crippen LogP contribution in [-0.2, 0) is 0 Å². The topological polar surface area (TPSA) is 45.5 Å². The molecule has 5 nitrogen and oxygen atoms in total. The highest BCUT2D eigenvalue weighted by Crippen LogP contribution is 2.24. The molecule has 3 rings (SSSR count). The first-order chi connectivity index (χ1) is 9.09. The molecule has 0 amide bonds. The van der Waals surface area contributed by atoms with E-state index in [1.54, 1.807) is 0 Å². The summed E-state index contributed by atoms with van der Waals surface area (Å²) in [5.74, 6) is 0.851. The van der Waals surface area contributed by atoms with Gasteiger partial charge in [-0.3, -0.25) is 0 Å². The number of rotatable bonds is 2. The number of aromatic nitrogens is 3. The normalized spacial score (nSPS) is 19.0. The zero-order valence-corrected chi connectivity index (χ0v) is 11.8. The lowest BCUT2D eigenvalue weighted by molar-refractivity contribution is 0.303. The minimum atomic E-state index is 0.256. The zero-order chi connectivity index (χ0) is 13.5. The van der Waals surface area contributed by atoms with Crippen LogP contribution in [0.5, 0.6) is 0 Å². The Balaban J connectivity index is 1.82. The highest BCUT2D eigenvalue weighted by molar-refractivity contribution is 5.46. The van der Waals surface area contributed by atoms with Crippen molar-refractivity contribution in [2.75, 3.05) is 25.0 Å². The van der Waals surface area contributed by atoms with Crippen molar-refractivity contribution in [1.82, 2.24) is 19.9 Å². The second-order valence-electron chi connectivity index (χ2n) is 5.72. The van der Waals surface area contributed by atoms with Crippen LogP contribution in [-0.4, -0.2) is 40.3 Å². The summed E-state index contributed by atoms with van der Waals surface area (Å²) in [7, 11) is 2.04. The summed E-state index contributed by atoms with van der Waals surface area (Å²) in [5.41, 5.74) is 2.40. The SMILES string of the molecule is CNC1(C)CCN(c2nc3cc(C)ccn3n2)CC1. The molecule has 0 saturated carbocycles. The Morgan fingerprint density at radius 3 is 2.74 bits per heavy atom. The summed E-state index contributed by atoms with van der Waals surface area (Å²) in [6, 6.07) is 4.12. The lowest BCUT2D eigenvalue weighted by Gasteiger charge is -2.38. The van der Waals surface area contributed by atoms with Crippen LogP contribution in [0.2, 0.25) is 0 Å². The van der Waals surface area contributed by atoms with Gasteiger partial charge in [-0.05, 0) is 51.4 Å². The van der Waals surface area contributed by atoms with E-state index >= 15 is 0 Å². The molecule has 2 aromatic rings. The van der Waals surface area contributed by atoms with E-state index in [-0.39, 0.29) is 5.54 Å². The van der Waals surface area contributed by atoms with Crippen molar-refractivity contribution in [1.29, 1.82) is 0 Å². The zero-order valence-electron chi connectivity index (χ0n) is 11.8. The lowest BCUT2D eigenvalue weighted by Crippen LogP contribution is -2.50. The van der Waals surface area contributed by atoms with Crippen molar-refractivity contribution in [3.63, 3.8) is 0 Å². The van der Waals surface area contributed by atoms with Crippen LogP contribution in [0, 0.1) is 6.92 Å². The molecule has 0 spiro atoms. The first kappa shape index (κ1) is 12.4. The second kappa shape index (κ2) is 4.49. The van der Waals surface area contributed by atoms with Gasteiger partial charge in [0.05, 0.1) is 0 Å². The molecular weight excluding hydrogens is 238 g/mol. The van der Waals surface area contributed by atoms with Gasteiger partial charge in [-0.1, -0.05) is 0 Å². The van der Waals surface area contributed by atoms with Crippen LogP contribution in [0.1, 0.15) is 25.3 Å².